The highest BCUT2D eigenvalue weighted by atomic mass is 16.5. The number of carbonyl (C=O) groups excluding carboxylic acids is 2. The Morgan fingerprint density at radius 1 is 0.893 bits per heavy atom. The average Bonchev–Trinajstić information content (AvgIpc) is 2.72. The van der Waals surface area contributed by atoms with Gasteiger partial charge in [-0.15, -0.1) is 0 Å². The molecule has 28 heavy (non-hydrogen) atoms. The first kappa shape index (κ1) is 21.3. The summed E-state index contributed by atoms with van der Waals surface area (Å²) in [5, 5.41) is 0. The van der Waals surface area contributed by atoms with Crippen LogP contribution in [0.3, 0.4) is 0 Å². The molecular weight excluding hydrogens is 358 g/mol. The third kappa shape index (κ3) is 7.31. The molecule has 0 unspecified atom stereocenters. The Labute approximate surface area is 166 Å². The van der Waals surface area contributed by atoms with Crippen molar-refractivity contribution in [2.24, 2.45) is 0 Å². The number of amides is 1. The van der Waals surface area contributed by atoms with Gasteiger partial charge in [-0.3, -0.25) is 9.59 Å². The second-order valence-corrected chi connectivity index (χ2v) is 6.06. The third-order valence-electron chi connectivity index (χ3n) is 4.02. The molecule has 0 saturated carbocycles. The summed E-state index contributed by atoms with van der Waals surface area (Å²) in [7, 11) is 0. The van der Waals surface area contributed by atoms with Crippen LogP contribution < -0.4 is 9.47 Å². The van der Waals surface area contributed by atoms with Gasteiger partial charge in [0.15, 0.2) is 6.61 Å². The minimum Gasteiger partial charge on any atom is -0.494 e. The zero-order valence-electron chi connectivity index (χ0n) is 16.4. The molecule has 0 fully saturated rings. The number of nitrogens with zero attached hydrogens (tertiary/aromatic N) is 1. The number of hydrogen-bond donors (Lipinski definition) is 0. The predicted octanol–water partition coefficient (Wildman–Crippen LogP) is 3.45. The van der Waals surface area contributed by atoms with Crippen LogP contribution in [0, 0.1) is 0 Å². The van der Waals surface area contributed by atoms with E-state index in [1.807, 2.05) is 56.3 Å². The van der Waals surface area contributed by atoms with Crippen LogP contribution in [0.1, 0.15) is 25.8 Å². The summed E-state index contributed by atoms with van der Waals surface area (Å²) in [4.78, 5) is 25.8. The molecule has 0 aromatic heterocycles. The maximum absolute atomic E-state index is 12.3. The minimum atomic E-state index is -0.463. The molecule has 0 bridgehead atoms. The van der Waals surface area contributed by atoms with E-state index in [1.165, 1.54) is 0 Å². The van der Waals surface area contributed by atoms with Crippen molar-refractivity contribution in [1.82, 2.24) is 4.90 Å². The van der Waals surface area contributed by atoms with Crippen molar-refractivity contribution in [3.05, 3.63) is 60.2 Å². The summed E-state index contributed by atoms with van der Waals surface area (Å²) in [6, 6.07) is 16.9. The number of rotatable bonds is 11. The largest absolute Gasteiger partial charge is 0.494 e. The Balaban J connectivity index is 1.68. The molecule has 0 saturated heterocycles. The smallest absolute Gasteiger partial charge is 0.309 e. The van der Waals surface area contributed by atoms with E-state index in [0.29, 0.717) is 25.4 Å². The third-order valence-corrected chi connectivity index (χ3v) is 4.02. The van der Waals surface area contributed by atoms with Gasteiger partial charge in [0.25, 0.3) is 5.91 Å². The summed E-state index contributed by atoms with van der Waals surface area (Å²) < 4.78 is 16.0. The Bertz CT molecular complexity index is 730. The van der Waals surface area contributed by atoms with Crippen molar-refractivity contribution in [2.75, 3.05) is 26.4 Å². The van der Waals surface area contributed by atoms with Gasteiger partial charge in [-0.1, -0.05) is 30.3 Å². The zero-order chi connectivity index (χ0) is 20.2. The molecule has 0 heterocycles. The Kier molecular flexibility index (Phi) is 8.85. The van der Waals surface area contributed by atoms with Gasteiger partial charge in [-0.25, -0.2) is 0 Å². The van der Waals surface area contributed by atoms with Crippen molar-refractivity contribution in [2.45, 2.75) is 26.8 Å². The van der Waals surface area contributed by atoms with Gasteiger partial charge < -0.3 is 19.1 Å². The molecule has 6 heteroatoms. The van der Waals surface area contributed by atoms with E-state index in [2.05, 4.69) is 0 Å². The Morgan fingerprint density at radius 2 is 1.54 bits per heavy atom. The van der Waals surface area contributed by atoms with E-state index in [4.69, 9.17) is 14.2 Å². The quantitative estimate of drug-likeness (QED) is 0.555. The van der Waals surface area contributed by atoms with Gasteiger partial charge in [0.05, 0.1) is 19.6 Å². The van der Waals surface area contributed by atoms with Crippen molar-refractivity contribution in [3.8, 4) is 11.5 Å². The molecule has 0 radical (unpaired) electrons. The van der Waals surface area contributed by atoms with Gasteiger partial charge in [0.2, 0.25) is 0 Å². The van der Waals surface area contributed by atoms with Crippen molar-refractivity contribution < 1.29 is 23.8 Å². The first-order chi connectivity index (χ1) is 13.6. The zero-order valence-corrected chi connectivity index (χ0v) is 16.4. The molecular formula is C22H27NO5. The van der Waals surface area contributed by atoms with Crippen LogP contribution >= 0.6 is 0 Å². The highest BCUT2D eigenvalue weighted by Crippen LogP contribution is 2.17. The number of hydrogen-bond acceptors (Lipinski definition) is 5. The van der Waals surface area contributed by atoms with Gasteiger partial charge in [-0.2, -0.15) is 0 Å². The average molecular weight is 385 g/mol. The van der Waals surface area contributed by atoms with Crippen LogP contribution in [0.4, 0.5) is 0 Å². The molecule has 0 aliphatic rings. The monoisotopic (exact) mass is 385 g/mol. The molecule has 2 rings (SSSR count). The normalized spacial score (nSPS) is 10.2. The number of likely N-dealkylation sites (N-methyl/N-ethyl adjacent to an activating group) is 1. The molecule has 0 atom stereocenters. The standard InChI is InChI=1S/C22H27NO5/c1-3-23(16-18-8-6-5-7-9-18)21(24)17-28-22(25)14-15-27-20-12-10-19(11-13-20)26-4-2/h5-13H,3-4,14-17H2,1-2H3. The van der Waals surface area contributed by atoms with Crippen molar-refractivity contribution in [3.63, 3.8) is 0 Å². The number of ether oxygens (including phenoxy) is 3. The molecule has 0 aliphatic heterocycles. The fourth-order valence-electron chi connectivity index (χ4n) is 2.54. The van der Waals surface area contributed by atoms with Crippen LogP contribution in [0.25, 0.3) is 0 Å². The summed E-state index contributed by atoms with van der Waals surface area (Å²) in [5.41, 5.74) is 1.03. The van der Waals surface area contributed by atoms with Gasteiger partial charge in [0.1, 0.15) is 11.5 Å². The summed E-state index contributed by atoms with van der Waals surface area (Å²) in [6.07, 6.45) is 0.0747. The molecule has 0 spiro atoms. The fraction of sp³-hybridized carbons (Fsp3) is 0.364. The summed E-state index contributed by atoms with van der Waals surface area (Å²) in [6.45, 7) is 5.38. The molecule has 0 N–H and O–H groups in total. The van der Waals surface area contributed by atoms with Crippen LogP contribution in [-0.4, -0.2) is 43.1 Å². The fourth-order valence-corrected chi connectivity index (χ4v) is 2.54. The van der Waals surface area contributed by atoms with Gasteiger partial charge in [0, 0.05) is 13.1 Å². The van der Waals surface area contributed by atoms with Gasteiger partial charge in [-0.05, 0) is 43.7 Å². The van der Waals surface area contributed by atoms with E-state index in [-0.39, 0.29) is 25.5 Å². The van der Waals surface area contributed by atoms with Crippen molar-refractivity contribution >= 4 is 11.9 Å². The van der Waals surface area contributed by atoms with Crippen LogP contribution in [0.5, 0.6) is 11.5 Å². The highest BCUT2D eigenvalue weighted by Gasteiger charge is 2.14. The second kappa shape index (κ2) is 11.6. The van der Waals surface area contributed by atoms with E-state index < -0.39 is 5.97 Å². The molecule has 150 valence electrons. The Morgan fingerprint density at radius 3 is 2.14 bits per heavy atom. The first-order valence-electron chi connectivity index (χ1n) is 9.45. The van der Waals surface area contributed by atoms with E-state index in [1.54, 1.807) is 17.0 Å². The van der Waals surface area contributed by atoms with Crippen LogP contribution in [0.2, 0.25) is 0 Å². The molecule has 2 aromatic carbocycles. The molecule has 0 aliphatic carbocycles. The first-order valence-corrected chi connectivity index (χ1v) is 9.45. The Hall–Kier alpha value is -3.02. The molecule has 1 amide bonds. The van der Waals surface area contributed by atoms with Crippen LogP contribution in [-0.2, 0) is 20.9 Å². The second-order valence-electron chi connectivity index (χ2n) is 6.06. The number of esters is 1. The lowest BCUT2D eigenvalue weighted by molar-refractivity contribution is -0.152. The summed E-state index contributed by atoms with van der Waals surface area (Å²) >= 11 is 0. The number of benzene rings is 2. The van der Waals surface area contributed by atoms with E-state index >= 15 is 0 Å². The predicted molar refractivity (Wildman–Crippen MR) is 106 cm³/mol. The lowest BCUT2D eigenvalue weighted by Crippen LogP contribution is -2.34. The van der Waals surface area contributed by atoms with Crippen LogP contribution in [0.15, 0.2) is 54.6 Å². The number of carbonyl (C=O) groups is 2. The lowest BCUT2D eigenvalue weighted by Gasteiger charge is -2.20. The topological polar surface area (TPSA) is 65.1 Å². The van der Waals surface area contributed by atoms with E-state index in [0.717, 1.165) is 11.3 Å². The molecule has 2 aromatic rings. The highest BCUT2D eigenvalue weighted by molar-refractivity contribution is 5.80. The SMILES string of the molecule is CCOc1ccc(OCCC(=O)OCC(=O)N(CC)Cc2ccccc2)cc1. The molecule has 6 nitrogen and oxygen atoms in total. The maximum Gasteiger partial charge on any atom is 0.309 e. The van der Waals surface area contributed by atoms with Gasteiger partial charge >= 0.3 is 5.97 Å². The summed E-state index contributed by atoms with van der Waals surface area (Å²) in [5.74, 6) is 0.735. The minimum absolute atomic E-state index is 0.0747. The maximum atomic E-state index is 12.3. The van der Waals surface area contributed by atoms with Crippen molar-refractivity contribution in [1.29, 1.82) is 0 Å². The van der Waals surface area contributed by atoms with E-state index in [9.17, 15) is 9.59 Å². The lowest BCUT2D eigenvalue weighted by atomic mass is 10.2.